The van der Waals surface area contributed by atoms with Gasteiger partial charge in [0.15, 0.2) is 11.5 Å². The molecule has 2 rings (SSSR count). The van der Waals surface area contributed by atoms with Gasteiger partial charge in [-0.3, -0.25) is 4.21 Å². The molecule has 106 valence electrons. The maximum absolute atomic E-state index is 12.4. The van der Waals surface area contributed by atoms with E-state index in [4.69, 9.17) is 9.47 Å². The molecule has 1 aliphatic heterocycles. The first-order valence-electron chi connectivity index (χ1n) is 6.57. The molecule has 0 saturated heterocycles. The van der Waals surface area contributed by atoms with E-state index in [2.05, 4.69) is 19.2 Å². The van der Waals surface area contributed by atoms with Crippen LogP contribution in [0, 0.1) is 5.92 Å². The lowest BCUT2D eigenvalue weighted by Crippen LogP contribution is -2.35. The van der Waals surface area contributed by atoms with Gasteiger partial charge in [-0.1, -0.05) is 13.8 Å². The maximum atomic E-state index is 12.4. The molecular formula is C14H21NO3S. The van der Waals surface area contributed by atoms with Crippen molar-refractivity contribution in [1.82, 2.24) is 5.32 Å². The Labute approximate surface area is 116 Å². The van der Waals surface area contributed by atoms with E-state index in [1.807, 2.05) is 25.2 Å². The van der Waals surface area contributed by atoms with Crippen molar-refractivity contribution in [2.24, 2.45) is 5.92 Å². The zero-order valence-corrected chi connectivity index (χ0v) is 12.5. The summed E-state index contributed by atoms with van der Waals surface area (Å²) in [5.74, 6) is 2.49. The first kappa shape index (κ1) is 14.3. The van der Waals surface area contributed by atoms with Crippen LogP contribution in [0.2, 0.25) is 0 Å². The minimum absolute atomic E-state index is 0.244. The molecule has 2 atom stereocenters. The first-order valence-corrected chi connectivity index (χ1v) is 7.89. The summed E-state index contributed by atoms with van der Waals surface area (Å²) < 4.78 is 23.4. The smallest absolute Gasteiger partial charge is 0.162 e. The van der Waals surface area contributed by atoms with Gasteiger partial charge >= 0.3 is 0 Å². The number of fused-ring (bicyclic) bond motifs is 1. The number of hydrogen-bond donors (Lipinski definition) is 1. The van der Waals surface area contributed by atoms with Gasteiger partial charge in [-0.15, -0.1) is 0 Å². The monoisotopic (exact) mass is 283 g/mol. The summed E-state index contributed by atoms with van der Waals surface area (Å²) in [6, 6.07) is 5.77. The summed E-state index contributed by atoms with van der Waals surface area (Å²) in [4.78, 5) is 0.796. The summed E-state index contributed by atoms with van der Waals surface area (Å²) in [6.45, 7) is 5.38. The van der Waals surface area contributed by atoms with Crippen LogP contribution in [0.4, 0.5) is 0 Å². The summed E-state index contributed by atoms with van der Waals surface area (Å²) in [7, 11) is 0.878. The Morgan fingerprint density at radius 3 is 2.58 bits per heavy atom. The van der Waals surface area contributed by atoms with Gasteiger partial charge in [0.1, 0.15) is 13.2 Å². The van der Waals surface area contributed by atoms with E-state index in [0.29, 0.717) is 30.6 Å². The zero-order chi connectivity index (χ0) is 13.8. The largest absolute Gasteiger partial charge is 0.486 e. The SMILES string of the molecule is CNC(CS(=O)c1ccc2c(c1)OCCO2)C(C)C. The van der Waals surface area contributed by atoms with Gasteiger partial charge < -0.3 is 14.8 Å². The highest BCUT2D eigenvalue weighted by Crippen LogP contribution is 2.31. The molecule has 0 aromatic heterocycles. The first-order chi connectivity index (χ1) is 9.11. The molecule has 4 nitrogen and oxygen atoms in total. The molecule has 1 aromatic rings. The number of rotatable bonds is 5. The highest BCUT2D eigenvalue weighted by atomic mass is 32.2. The Morgan fingerprint density at radius 2 is 1.95 bits per heavy atom. The van der Waals surface area contributed by atoms with Gasteiger partial charge in [0, 0.05) is 22.8 Å². The van der Waals surface area contributed by atoms with Crippen LogP contribution in [0.15, 0.2) is 23.1 Å². The highest BCUT2D eigenvalue weighted by molar-refractivity contribution is 7.85. The molecule has 0 fully saturated rings. The van der Waals surface area contributed by atoms with Gasteiger partial charge in [0.2, 0.25) is 0 Å². The Hall–Kier alpha value is -1.07. The summed E-state index contributed by atoms with van der Waals surface area (Å²) >= 11 is 0. The predicted molar refractivity (Wildman–Crippen MR) is 76.4 cm³/mol. The molecule has 0 bridgehead atoms. The van der Waals surface area contributed by atoms with Crippen LogP contribution in [-0.4, -0.2) is 36.3 Å². The number of ether oxygens (including phenoxy) is 2. The van der Waals surface area contributed by atoms with E-state index in [1.165, 1.54) is 0 Å². The second-order valence-corrected chi connectivity index (χ2v) is 6.45. The highest BCUT2D eigenvalue weighted by Gasteiger charge is 2.18. The second-order valence-electron chi connectivity index (χ2n) is 4.96. The fourth-order valence-corrected chi connectivity index (χ4v) is 3.56. The van der Waals surface area contributed by atoms with Gasteiger partial charge in [-0.25, -0.2) is 0 Å². The molecule has 5 heteroatoms. The van der Waals surface area contributed by atoms with E-state index in [0.717, 1.165) is 10.6 Å². The van der Waals surface area contributed by atoms with Crippen molar-refractivity contribution >= 4 is 10.8 Å². The van der Waals surface area contributed by atoms with E-state index in [1.54, 1.807) is 0 Å². The molecule has 0 amide bonds. The van der Waals surface area contributed by atoms with Gasteiger partial charge in [-0.2, -0.15) is 0 Å². The van der Waals surface area contributed by atoms with Crippen molar-refractivity contribution in [2.75, 3.05) is 26.0 Å². The third-order valence-electron chi connectivity index (χ3n) is 3.28. The van der Waals surface area contributed by atoms with Crippen molar-refractivity contribution in [3.05, 3.63) is 18.2 Å². The van der Waals surface area contributed by atoms with E-state index >= 15 is 0 Å². The summed E-state index contributed by atoms with van der Waals surface area (Å²) in [6.07, 6.45) is 0. The molecule has 0 radical (unpaired) electrons. The van der Waals surface area contributed by atoms with Crippen LogP contribution >= 0.6 is 0 Å². The van der Waals surface area contributed by atoms with Gasteiger partial charge in [0.05, 0.1) is 10.8 Å². The molecular weight excluding hydrogens is 262 g/mol. The summed E-state index contributed by atoms with van der Waals surface area (Å²) in [5.41, 5.74) is 0. The van der Waals surface area contributed by atoms with Crippen molar-refractivity contribution < 1.29 is 13.7 Å². The standard InChI is InChI=1S/C14H21NO3S/c1-10(2)12(15-3)9-19(16)11-4-5-13-14(8-11)18-7-6-17-13/h4-5,8,10,12,15H,6-7,9H2,1-3H3. The van der Waals surface area contributed by atoms with Gasteiger partial charge in [-0.05, 0) is 25.1 Å². The number of benzene rings is 1. The fraction of sp³-hybridized carbons (Fsp3) is 0.571. The molecule has 19 heavy (non-hydrogen) atoms. The third kappa shape index (κ3) is 3.48. The van der Waals surface area contributed by atoms with Crippen molar-refractivity contribution in [2.45, 2.75) is 24.8 Å². The normalized spacial score (nSPS) is 17.3. The second kappa shape index (κ2) is 6.39. The average Bonchev–Trinajstić information content (AvgIpc) is 2.43. The third-order valence-corrected chi connectivity index (χ3v) is 4.72. The number of nitrogens with one attached hydrogen (secondary N) is 1. The molecule has 1 aliphatic rings. The van der Waals surface area contributed by atoms with Crippen LogP contribution < -0.4 is 14.8 Å². The lowest BCUT2D eigenvalue weighted by molar-refractivity contribution is 0.171. The fourth-order valence-electron chi connectivity index (χ4n) is 2.03. The van der Waals surface area contributed by atoms with Crippen LogP contribution in [0.5, 0.6) is 11.5 Å². The Kier molecular flexibility index (Phi) is 4.82. The molecule has 2 unspecified atom stereocenters. The van der Waals surface area contributed by atoms with Crippen molar-refractivity contribution in [3.63, 3.8) is 0 Å². The molecule has 0 saturated carbocycles. The van der Waals surface area contributed by atoms with E-state index < -0.39 is 10.8 Å². The zero-order valence-electron chi connectivity index (χ0n) is 11.6. The Morgan fingerprint density at radius 1 is 1.26 bits per heavy atom. The maximum Gasteiger partial charge on any atom is 0.162 e. The van der Waals surface area contributed by atoms with Crippen molar-refractivity contribution in [1.29, 1.82) is 0 Å². The van der Waals surface area contributed by atoms with E-state index in [-0.39, 0.29) is 6.04 Å². The molecule has 1 aromatic carbocycles. The molecule has 1 N–H and O–H groups in total. The molecule has 1 heterocycles. The van der Waals surface area contributed by atoms with E-state index in [9.17, 15) is 4.21 Å². The summed E-state index contributed by atoms with van der Waals surface area (Å²) in [5, 5.41) is 3.22. The lowest BCUT2D eigenvalue weighted by Gasteiger charge is -2.21. The topological polar surface area (TPSA) is 47.6 Å². The van der Waals surface area contributed by atoms with Crippen LogP contribution in [0.3, 0.4) is 0 Å². The minimum atomic E-state index is -1.03. The predicted octanol–water partition coefficient (Wildman–Crippen LogP) is 1.81. The van der Waals surface area contributed by atoms with Crippen LogP contribution in [-0.2, 0) is 10.8 Å². The Balaban J connectivity index is 2.11. The van der Waals surface area contributed by atoms with Crippen LogP contribution in [0.1, 0.15) is 13.8 Å². The lowest BCUT2D eigenvalue weighted by atomic mass is 10.1. The molecule has 0 aliphatic carbocycles. The Bertz CT molecular complexity index is 462. The quantitative estimate of drug-likeness (QED) is 0.895. The van der Waals surface area contributed by atoms with Crippen LogP contribution in [0.25, 0.3) is 0 Å². The minimum Gasteiger partial charge on any atom is -0.486 e. The van der Waals surface area contributed by atoms with Crippen molar-refractivity contribution in [3.8, 4) is 11.5 Å². The number of hydrogen-bond acceptors (Lipinski definition) is 4. The molecule has 0 spiro atoms. The average molecular weight is 283 g/mol. The van der Waals surface area contributed by atoms with Gasteiger partial charge in [0.25, 0.3) is 0 Å².